The number of benzene rings is 2. The molecular weight excluding hydrogens is 976 g/mol. The van der Waals surface area contributed by atoms with Crippen LogP contribution in [0.2, 0.25) is 10.8 Å². The van der Waals surface area contributed by atoms with Crippen LogP contribution < -0.4 is 0 Å². The molecule has 1 heterocycles. The van der Waals surface area contributed by atoms with Crippen LogP contribution in [0.4, 0.5) is 0 Å². The molecule has 0 radical (unpaired) electrons. The van der Waals surface area contributed by atoms with Crippen LogP contribution in [0.25, 0.3) is 16.9 Å². The fourth-order valence-electron chi connectivity index (χ4n) is 11.1. The topological polar surface area (TPSA) is 25.3 Å². The molecule has 0 saturated heterocycles. The summed E-state index contributed by atoms with van der Waals surface area (Å²) in [5.41, 5.74) is 21.9. The fourth-order valence-corrected chi connectivity index (χ4v) is 12.5. The number of unbranched alkanes of at least 4 members (excludes halogenated alkanes) is 39. The van der Waals surface area contributed by atoms with E-state index in [4.69, 9.17) is 0 Å². The molecule has 0 amide bonds. The summed E-state index contributed by atoms with van der Waals surface area (Å²) in [5, 5.41) is 2.78. The van der Waals surface area contributed by atoms with E-state index in [1.54, 1.807) is 4.70 Å². The van der Waals surface area contributed by atoms with Gasteiger partial charge in [0.15, 0.2) is 0 Å². The summed E-state index contributed by atoms with van der Waals surface area (Å²) in [4.78, 5) is 0. The van der Waals surface area contributed by atoms with E-state index in [-0.39, 0.29) is 0 Å². The molecule has 0 bridgehead atoms. The van der Waals surface area contributed by atoms with Crippen molar-refractivity contribution in [1.29, 1.82) is 0 Å². The summed E-state index contributed by atoms with van der Waals surface area (Å²) < 4.78 is 1.58. The second-order valence-electron chi connectivity index (χ2n) is 23.6. The van der Waals surface area contributed by atoms with Crippen LogP contribution in [-0.2, 0) is 27.3 Å². The molecule has 3 rings (SSSR count). The van der Waals surface area contributed by atoms with E-state index in [0.717, 1.165) is 48.2 Å². The second kappa shape index (κ2) is 53.1. The molecule has 1 aliphatic heterocycles. The number of hydrogen-bond acceptors (Lipinski definition) is 0. The van der Waals surface area contributed by atoms with E-state index < -0.39 is 0 Å². The van der Waals surface area contributed by atoms with E-state index in [9.17, 15) is 5.53 Å². The first kappa shape index (κ1) is 70.9. The Morgan fingerprint density at radius 3 is 1.00 bits per heavy atom. The Kier molecular flexibility index (Phi) is 48.9. The Morgan fingerprint density at radius 1 is 0.325 bits per heavy atom. The average molecular weight is 1100 g/mol. The van der Waals surface area contributed by atoms with Crippen LogP contribution in [0.3, 0.4) is 0 Å². The van der Waals surface area contributed by atoms with E-state index in [1.807, 2.05) is 14.4 Å². The first-order valence-corrected chi connectivity index (χ1v) is 35.7. The summed E-state index contributed by atoms with van der Waals surface area (Å²) in [6.07, 6.45) is 69.8. The summed E-state index contributed by atoms with van der Waals surface area (Å²) in [6, 6.07) is 18.3. The first-order valence-electron chi connectivity index (χ1n) is 34.3. The molecule has 0 fully saturated rings. The van der Waals surface area contributed by atoms with Gasteiger partial charge in [0, 0.05) is 16.7 Å². The van der Waals surface area contributed by atoms with Gasteiger partial charge >= 0.3 is 64.8 Å². The predicted molar refractivity (Wildman–Crippen MR) is 343 cm³/mol. The number of rotatable bonds is 53. The van der Waals surface area contributed by atoms with Gasteiger partial charge in [0.1, 0.15) is 0 Å². The molecule has 2 aromatic rings. The molecule has 0 spiro atoms. The molecule has 0 aliphatic carbocycles. The van der Waals surface area contributed by atoms with Gasteiger partial charge in [-0.15, -0.1) is 0 Å². The molecule has 0 atom stereocenters. The van der Waals surface area contributed by atoms with E-state index >= 15 is 0 Å². The van der Waals surface area contributed by atoms with Crippen LogP contribution in [0, 0.1) is 0 Å². The molecular formula is C74H128N2Ni. The van der Waals surface area contributed by atoms with Crippen molar-refractivity contribution in [2.75, 3.05) is 0 Å². The maximum absolute atomic E-state index is 12.3. The van der Waals surface area contributed by atoms with E-state index in [2.05, 4.69) is 102 Å². The van der Waals surface area contributed by atoms with Crippen LogP contribution >= 0.6 is 0 Å². The van der Waals surface area contributed by atoms with Crippen molar-refractivity contribution < 1.29 is 19.1 Å². The molecule has 0 saturated carbocycles. The average Bonchev–Trinajstić information content (AvgIpc) is 3.77. The van der Waals surface area contributed by atoms with Gasteiger partial charge in [-0.05, 0) is 86.8 Å². The number of nitrogens with zero attached hydrogens (tertiary/aromatic N) is 2. The number of hydrogen-bond donors (Lipinski definition) is 0. The van der Waals surface area contributed by atoms with E-state index in [1.165, 1.54) is 316 Å². The van der Waals surface area contributed by atoms with E-state index in [0.29, 0.717) is 0 Å². The minimum atomic E-state index is 0.963. The first-order chi connectivity index (χ1) is 38.1. The molecule has 3 heteroatoms. The normalized spacial score (nSPS) is 12.8. The van der Waals surface area contributed by atoms with Crippen molar-refractivity contribution >= 4 is 11.4 Å². The van der Waals surface area contributed by atoms with Crippen LogP contribution in [0.5, 0.6) is 0 Å². The van der Waals surface area contributed by atoms with Crippen molar-refractivity contribution in [2.45, 2.75) is 361 Å². The predicted octanol–water partition coefficient (Wildman–Crippen LogP) is 26.5. The van der Waals surface area contributed by atoms with Gasteiger partial charge < -0.3 is 5.53 Å². The Labute approximate surface area is 487 Å². The minimum absolute atomic E-state index is 0.963. The summed E-state index contributed by atoms with van der Waals surface area (Å²) in [5.74, 6) is 0. The molecule has 0 aromatic heterocycles. The van der Waals surface area contributed by atoms with Gasteiger partial charge in [-0.2, -0.15) is 0 Å². The zero-order valence-electron chi connectivity index (χ0n) is 52.3. The number of allylic oxidation sites excluding steroid dienone is 4. The molecule has 77 heavy (non-hydrogen) atoms. The van der Waals surface area contributed by atoms with Crippen molar-refractivity contribution in [3.05, 3.63) is 99.6 Å². The SMILES string of the molecule is CCCCCCCCCCCCCC=CC1=C(c2ccc(CCCC)cc2)[N+](=[N-])C(c2ccc(CCCCCC)cc2)=C1CCCCCCCCCCCCCCCCCCCCCCCCC.CCC[CH2][Ni][CH2]CCC. The summed E-state index contributed by atoms with van der Waals surface area (Å²) in [6.45, 7) is 13.7. The van der Waals surface area contributed by atoms with Crippen LogP contribution in [0.15, 0.2) is 71.8 Å². The van der Waals surface area contributed by atoms with Crippen molar-refractivity contribution in [1.82, 2.24) is 0 Å². The maximum atomic E-state index is 12.3. The molecule has 2 nitrogen and oxygen atoms in total. The fraction of sp³-hybridized carbons (Fsp3) is 0.757. The zero-order chi connectivity index (χ0) is 55.3. The standard InChI is InChI=1S/C66H110N2.2C4H9.Ni/c1-5-9-13-16-18-20-22-24-25-26-27-28-29-30-31-32-33-35-37-39-41-43-46-50-64-63(49-45-42-40-38-36-34-23-21-19-17-14-10-6-2)65(61-55-51-59(52-56-61)47-12-8-4)68(67)66(64)62-57-53-60(54-58-62)48-44-15-11-7-3;2*1-3-4-2;/h45,49,51-58H,5-44,46-48,50H2,1-4H3;2*1,3-4H2,2H3;. The molecule has 1 aliphatic rings. The Morgan fingerprint density at radius 2 is 0.623 bits per heavy atom. The molecule has 2 aromatic carbocycles. The third kappa shape index (κ3) is 36.7. The van der Waals surface area contributed by atoms with Gasteiger partial charge in [0.25, 0.3) is 0 Å². The Balaban J connectivity index is 0.00000205. The summed E-state index contributed by atoms with van der Waals surface area (Å²) in [7, 11) is 0. The molecule has 0 unspecified atom stereocenters. The number of aryl methyl sites for hydroxylation is 2. The summed E-state index contributed by atoms with van der Waals surface area (Å²) >= 11 is 1.94. The third-order valence-corrected chi connectivity index (χ3v) is 17.7. The third-order valence-electron chi connectivity index (χ3n) is 16.3. The van der Waals surface area contributed by atoms with Gasteiger partial charge in [0.2, 0.25) is 11.4 Å². The molecule has 444 valence electrons. The zero-order valence-corrected chi connectivity index (χ0v) is 53.3. The van der Waals surface area contributed by atoms with Crippen molar-refractivity contribution in [2.24, 2.45) is 0 Å². The van der Waals surface area contributed by atoms with Crippen molar-refractivity contribution in [3.8, 4) is 0 Å². The van der Waals surface area contributed by atoms with Gasteiger partial charge in [0.05, 0.1) is 5.57 Å². The van der Waals surface area contributed by atoms with Gasteiger partial charge in [-0.1, -0.05) is 295 Å². The van der Waals surface area contributed by atoms with Gasteiger partial charge in [-0.25, -0.2) is 4.70 Å². The van der Waals surface area contributed by atoms with Gasteiger partial charge in [-0.3, -0.25) is 0 Å². The van der Waals surface area contributed by atoms with Crippen molar-refractivity contribution in [3.63, 3.8) is 0 Å². The Bertz CT molecular complexity index is 1710. The Hall–Kier alpha value is -2.25. The van der Waals surface area contributed by atoms with Crippen LogP contribution in [0.1, 0.15) is 359 Å². The monoisotopic (exact) mass is 1100 g/mol. The van der Waals surface area contributed by atoms with Crippen LogP contribution in [-0.4, -0.2) is 4.70 Å². The quantitative estimate of drug-likeness (QED) is 0.0358. The second-order valence-corrected chi connectivity index (χ2v) is 25.1. The molecule has 0 N–H and O–H groups in total.